The summed E-state index contributed by atoms with van der Waals surface area (Å²) in [6.07, 6.45) is 2.16. The second kappa shape index (κ2) is 11.9. The number of halogens is 1. The summed E-state index contributed by atoms with van der Waals surface area (Å²) in [5.74, 6) is 1.88. The molecule has 0 aliphatic carbocycles. The van der Waals surface area contributed by atoms with E-state index in [9.17, 15) is 4.79 Å². The zero-order valence-corrected chi connectivity index (χ0v) is 19.0. The Bertz CT molecular complexity index is 973. The van der Waals surface area contributed by atoms with Gasteiger partial charge in [-0.2, -0.15) is 0 Å². The van der Waals surface area contributed by atoms with E-state index in [4.69, 9.17) is 14.9 Å². The van der Waals surface area contributed by atoms with Crippen molar-refractivity contribution >= 4 is 41.5 Å². The van der Waals surface area contributed by atoms with Crippen molar-refractivity contribution < 1.29 is 13.9 Å². The number of nitrogens with zero attached hydrogens (tertiary/aromatic N) is 1. The standard InChI is InChI=1S/C22H24N4O3.HI/c1-16-11-14-28-20(16)21(27)24-12-6-13-25-22(23)26-17-7-5-10-19(15-17)29-18-8-3-2-4-9-18;/h2-5,7-11,14-15H,6,12-13H2,1H3,(H,24,27)(H3,23,25,26);1H. The number of nitrogens with one attached hydrogen (secondary N) is 2. The number of aryl methyl sites for hydroxylation is 1. The van der Waals surface area contributed by atoms with Crippen LogP contribution in [0.1, 0.15) is 22.5 Å². The van der Waals surface area contributed by atoms with Crippen LogP contribution >= 0.6 is 24.0 Å². The van der Waals surface area contributed by atoms with E-state index in [0.717, 1.165) is 17.0 Å². The lowest BCUT2D eigenvalue weighted by Gasteiger charge is -2.09. The summed E-state index contributed by atoms with van der Waals surface area (Å²) >= 11 is 0. The maximum Gasteiger partial charge on any atom is 0.287 e. The van der Waals surface area contributed by atoms with Gasteiger partial charge in [0, 0.05) is 30.4 Å². The molecule has 30 heavy (non-hydrogen) atoms. The second-order valence-electron chi connectivity index (χ2n) is 6.38. The third-order valence-electron chi connectivity index (χ3n) is 4.06. The summed E-state index contributed by atoms with van der Waals surface area (Å²) in [6, 6.07) is 18.8. The van der Waals surface area contributed by atoms with E-state index in [1.165, 1.54) is 6.26 Å². The number of ether oxygens (including phenoxy) is 1. The molecule has 1 amide bonds. The minimum atomic E-state index is -0.224. The van der Waals surface area contributed by atoms with E-state index >= 15 is 0 Å². The number of para-hydroxylation sites is 1. The monoisotopic (exact) mass is 520 g/mol. The summed E-state index contributed by atoms with van der Waals surface area (Å²) in [5.41, 5.74) is 7.53. The first-order valence-electron chi connectivity index (χ1n) is 9.34. The molecule has 0 spiro atoms. The van der Waals surface area contributed by atoms with E-state index in [1.54, 1.807) is 6.07 Å². The van der Waals surface area contributed by atoms with Crippen molar-refractivity contribution in [3.63, 3.8) is 0 Å². The first-order valence-corrected chi connectivity index (χ1v) is 9.34. The summed E-state index contributed by atoms with van der Waals surface area (Å²) in [6.45, 7) is 2.79. The molecule has 7 nitrogen and oxygen atoms in total. The molecule has 8 heteroatoms. The van der Waals surface area contributed by atoms with E-state index in [0.29, 0.717) is 37.0 Å². The molecule has 3 rings (SSSR count). The number of hydrogen-bond acceptors (Lipinski definition) is 4. The van der Waals surface area contributed by atoms with Crippen molar-refractivity contribution in [1.82, 2.24) is 5.32 Å². The highest BCUT2D eigenvalue weighted by atomic mass is 127. The summed E-state index contributed by atoms with van der Waals surface area (Å²) in [5, 5.41) is 5.84. The summed E-state index contributed by atoms with van der Waals surface area (Å²) in [7, 11) is 0. The van der Waals surface area contributed by atoms with E-state index in [-0.39, 0.29) is 29.9 Å². The highest BCUT2D eigenvalue weighted by Gasteiger charge is 2.11. The number of nitrogens with two attached hydrogens (primary N) is 1. The van der Waals surface area contributed by atoms with Crippen molar-refractivity contribution in [2.75, 3.05) is 18.4 Å². The van der Waals surface area contributed by atoms with Gasteiger partial charge in [0.05, 0.1) is 6.26 Å². The number of hydrogen-bond donors (Lipinski definition) is 3. The summed E-state index contributed by atoms with van der Waals surface area (Å²) < 4.78 is 11.0. The van der Waals surface area contributed by atoms with Crippen LogP contribution in [0.15, 0.2) is 76.3 Å². The van der Waals surface area contributed by atoms with Gasteiger partial charge in [-0.3, -0.25) is 9.79 Å². The van der Waals surface area contributed by atoms with Crippen LogP contribution < -0.4 is 21.1 Å². The maximum atomic E-state index is 11.9. The molecule has 0 aliphatic rings. The number of anilines is 1. The van der Waals surface area contributed by atoms with Gasteiger partial charge in [0.2, 0.25) is 0 Å². The lowest BCUT2D eigenvalue weighted by Crippen LogP contribution is -2.26. The summed E-state index contributed by atoms with van der Waals surface area (Å²) in [4.78, 5) is 16.2. The fourth-order valence-corrected chi connectivity index (χ4v) is 2.62. The fourth-order valence-electron chi connectivity index (χ4n) is 2.62. The molecule has 1 heterocycles. The van der Waals surface area contributed by atoms with Crippen LogP contribution in [0.3, 0.4) is 0 Å². The Morgan fingerprint density at radius 2 is 1.87 bits per heavy atom. The van der Waals surface area contributed by atoms with Gasteiger partial charge >= 0.3 is 0 Å². The average molecular weight is 520 g/mol. The third kappa shape index (κ3) is 7.11. The van der Waals surface area contributed by atoms with Crippen molar-refractivity contribution in [3.8, 4) is 11.5 Å². The van der Waals surface area contributed by atoms with Gasteiger partial charge in [0.1, 0.15) is 11.5 Å². The van der Waals surface area contributed by atoms with Gasteiger partial charge in [-0.15, -0.1) is 24.0 Å². The molecule has 2 aromatic carbocycles. The number of amides is 1. The van der Waals surface area contributed by atoms with Crippen molar-refractivity contribution in [2.24, 2.45) is 10.7 Å². The van der Waals surface area contributed by atoms with E-state index < -0.39 is 0 Å². The molecule has 4 N–H and O–H groups in total. The highest BCUT2D eigenvalue weighted by Crippen LogP contribution is 2.23. The van der Waals surface area contributed by atoms with Crippen LogP contribution in [0.25, 0.3) is 0 Å². The molecule has 0 saturated heterocycles. The fraction of sp³-hybridized carbons (Fsp3) is 0.182. The molecule has 0 unspecified atom stereocenters. The molecular formula is C22H25IN4O3. The Labute approximate surface area is 192 Å². The molecular weight excluding hydrogens is 495 g/mol. The van der Waals surface area contributed by atoms with Crippen LogP contribution in [0.4, 0.5) is 5.69 Å². The molecule has 0 bridgehead atoms. The van der Waals surface area contributed by atoms with Gasteiger partial charge in [-0.05, 0) is 43.7 Å². The predicted octanol–water partition coefficient (Wildman–Crippen LogP) is 4.55. The lowest BCUT2D eigenvalue weighted by atomic mass is 10.2. The molecule has 1 aromatic heterocycles. The van der Waals surface area contributed by atoms with Crippen LogP contribution in [-0.2, 0) is 0 Å². The highest BCUT2D eigenvalue weighted by molar-refractivity contribution is 14.0. The number of benzene rings is 2. The Kier molecular flexibility index (Phi) is 9.20. The maximum absolute atomic E-state index is 11.9. The minimum absolute atomic E-state index is 0. The first kappa shape index (κ1) is 23.3. The Balaban J connectivity index is 0.00000320. The zero-order chi connectivity index (χ0) is 20.5. The van der Waals surface area contributed by atoms with Gasteiger partial charge in [-0.25, -0.2) is 0 Å². The van der Waals surface area contributed by atoms with Crippen LogP contribution in [0.2, 0.25) is 0 Å². The zero-order valence-electron chi connectivity index (χ0n) is 16.6. The van der Waals surface area contributed by atoms with E-state index in [1.807, 2.05) is 61.5 Å². The van der Waals surface area contributed by atoms with Crippen LogP contribution in [0.5, 0.6) is 11.5 Å². The van der Waals surface area contributed by atoms with Crippen LogP contribution in [0, 0.1) is 6.92 Å². The number of furan rings is 1. The molecule has 0 atom stereocenters. The normalized spacial score (nSPS) is 10.8. The van der Waals surface area contributed by atoms with Crippen molar-refractivity contribution in [1.29, 1.82) is 0 Å². The Morgan fingerprint density at radius 1 is 1.10 bits per heavy atom. The van der Waals surface area contributed by atoms with Gasteiger partial charge in [-0.1, -0.05) is 24.3 Å². The third-order valence-corrected chi connectivity index (χ3v) is 4.06. The number of guanidine groups is 1. The number of carbonyl (C=O) groups is 1. The Morgan fingerprint density at radius 3 is 2.60 bits per heavy atom. The number of aliphatic imine (C=N–C) groups is 1. The predicted molar refractivity (Wildman–Crippen MR) is 129 cm³/mol. The lowest BCUT2D eigenvalue weighted by molar-refractivity contribution is 0.0925. The topological polar surface area (TPSA) is 102 Å². The minimum Gasteiger partial charge on any atom is -0.459 e. The average Bonchev–Trinajstić information content (AvgIpc) is 3.14. The molecule has 0 saturated carbocycles. The molecule has 0 fully saturated rings. The SMILES string of the molecule is Cc1ccoc1C(=O)NCCCN=C(N)Nc1cccc(Oc2ccccc2)c1.I. The van der Waals surface area contributed by atoms with Gasteiger partial charge in [0.15, 0.2) is 11.7 Å². The van der Waals surface area contributed by atoms with Crippen LogP contribution in [-0.4, -0.2) is 25.0 Å². The molecule has 158 valence electrons. The molecule has 0 aliphatic heterocycles. The van der Waals surface area contributed by atoms with Gasteiger partial charge in [0.25, 0.3) is 5.91 Å². The van der Waals surface area contributed by atoms with E-state index in [2.05, 4.69) is 15.6 Å². The number of carbonyl (C=O) groups excluding carboxylic acids is 1. The molecule has 3 aromatic rings. The molecule has 0 radical (unpaired) electrons. The van der Waals surface area contributed by atoms with Crippen molar-refractivity contribution in [2.45, 2.75) is 13.3 Å². The smallest absolute Gasteiger partial charge is 0.287 e. The van der Waals surface area contributed by atoms with Gasteiger partial charge < -0.3 is 25.5 Å². The quantitative estimate of drug-likeness (QED) is 0.175. The first-order chi connectivity index (χ1) is 14.1. The second-order valence-corrected chi connectivity index (χ2v) is 6.38. The largest absolute Gasteiger partial charge is 0.459 e. The number of rotatable bonds is 8. The Hall–Kier alpha value is -3.01. The van der Waals surface area contributed by atoms with Crippen molar-refractivity contribution in [3.05, 3.63) is 78.3 Å².